The molecule has 1 aromatic carbocycles. The van der Waals surface area contributed by atoms with Crippen molar-refractivity contribution in [2.75, 3.05) is 18.0 Å². The zero-order valence-electron chi connectivity index (χ0n) is 17.8. The molecule has 2 amide bonds. The molecule has 0 aromatic heterocycles. The number of nitrogens with zero attached hydrogens (tertiary/aromatic N) is 3. The number of dihydropyridines is 1. The number of nitrogens with one attached hydrogen (secondary N) is 1. The van der Waals surface area contributed by atoms with Crippen LogP contribution in [0.25, 0.3) is 5.57 Å². The molecule has 2 N–H and O–H groups in total. The molecule has 0 aliphatic carbocycles. The van der Waals surface area contributed by atoms with Crippen molar-refractivity contribution in [2.45, 2.75) is 32.4 Å². The molecule has 1 unspecified atom stereocenters. The van der Waals surface area contributed by atoms with Crippen LogP contribution < -0.4 is 10.2 Å². The number of cyclic esters (lactones) is 1. The van der Waals surface area contributed by atoms with E-state index in [0.717, 1.165) is 30.5 Å². The number of carbonyl (C=O) groups is 3. The van der Waals surface area contributed by atoms with Crippen molar-refractivity contribution in [1.82, 2.24) is 9.99 Å². The number of hydrogen-bond donors (Lipinski definition) is 2. The third-order valence-electron chi connectivity index (χ3n) is 5.66. The molecule has 3 heterocycles. The summed E-state index contributed by atoms with van der Waals surface area (Å²) in [5.74, 6) is -1.81. The minimum absolute atomic E-state index is 0.402. The summed E-state index contributed by atoms with van der Waals surface area (Å²) in [6.07, 6.45) is 2.45. The van der Waals surface area contributed by atoms with Gasteiger partial charge in [-0.3, -0.25) is 19.4 Å². The normalized spacial score (nSPS) is 22.5. The first-order valence-corrected chi connectivity index (χ1v) is 11.6. The maximum Gasteiger partial charge on any atom is 0.490 e. The molecule has 0 saturated carbocycles. The van der Waals surface area contributed by atoms with E-state index in [4.69, 9.17) is 10.00 Å². The molecule has 4 rings (SSSR count). The maximum absolute atomic E-state index is 12.6. The van der Waals surface area contributed by atoms with E-state index in [1.807, 2.05) is 18.2 Å². The number of fused-ring (bicyclic) bond motifs is 3. The summed E-state index contributed by atoms with van der Waals surface area (Å²) < 4.78 is 22.8. The zero-order valence-corrected chi connectivity index (χ0v) is 18.7. The molecule has 12 heteroatoms. The van der Waals surface area contributed by atoms with Crippen LogP contribution in [0.2, 0.25) is 0 Å². The number of amides is 2. The van der Waals surface area contributed by atoms with Gasteiger partial charge in [0.15, 0.2) is 0 Å². The lowest BCUT2D eigenvalue weighted by atomic mass is 9.98. The average Bonchev–Trinajstić information content (AvgIpc) is 3.27. The Morgan fingerprint density at radius 1 is 1.39 bits per heavy atom. The molecule has 1 saturated heterocycles. The SMILES string of the molecule is CC(=O)OP(=O)(O)N(C[C@@H]1OC(=O)N2c3ccc(C4=CC=C(C#N)NC4)cc3C[C@@H]12)C(C)=O. The van der Waals surface area contributed by atoms with Gasteiger partial charge in [-0.2, -0.15) is 5.26 Å². The number of benzene rings is 1. The van der Waals surface area contributed by atoms with Crippen molar-refractivity contribution in [1.29, 1.82) is 5.26 Å². The van der Waals surface area contributed by atoms with Gasteiger partial charge in [-0.15, -0.1) is 0 Å². The summed E-state index contributed by atoms with van der Waals surface area (Å²) >= 11 is 0. The van der Waals surface area contributed by atoms with Crippen LogP contribution in [0, 0.1) is 11.3 Å². The van der Waals surface area contributed by atoms with E-state index in [9.17, 15) is 23.8 Å². The number of rotatable bonds is 5. The Morgan fingerprint density at radius 2 is 2.15 bits per heavy atom. The number of allylic oxidation sites excluding steroid dienone is 3. The summed E-state index contributed by atoms with van der Waals surface area (Å²) in [5, 5.41) is 12.0. The van der Waals surface area contributed by atoms with Gasteiger partial charge in [0, 0.05) is 20.4 Å². The molecule has 3 aliphatic rings. The Labute approximate surface area is 189 Å². The highest BCUT2D eigenvalue weighted by atomic mass is 31.2. The first-order valence-electron chi connectivity index (χ1n) is 10.1. The largest absolute Gasteiger partial charge is 0.490 e. The van der Waals surface area contributed by atoms with Crippen molar-refractivity contribution in [2.24, 2.45) is 0 Å². The van der Waals surface area contributed by atoms with Crippen LogP contribution in [-0.2, 0) is 29.8 Å². The van der Waals surface area contributed by atoms with Gasteiger partial charge in [-0.05, 0) is 41.3 Å². The lowest BCUT2D eigenvalue weighted by Crippen LogP contribution is -2.41. The molecule has 172 valence electrons. The molecule has 0 bridgehead atoms. The van der Waals surface area contributed by atoms with E-state index >= 15 is 0 Å². The number of ether oxygens (including phenoxy) is 1. The van der Waals surface area contributed by atoms with Gasteiger partial charge in [-0.1, -0.05) is 12.1 Å². The van der Waals surface area contributed by atoms with E-state index in [2.05, 4.69) is 15.9 Å². The predicted molar refractivity (Wildman–Crippen MR) is 115 cm³/mol. The standard InChI is InChI=1S/C21H21N4O7P/c1-12(26)24(33(29,30)32-13(2)27)11-20-19-8-16-7-14(15-3-5-17(9-22)23-10-15)4-6-18(16)25(19)21(28)31-20/h3-7,19-20,23H,8,10-11H2,1-2H3,(H,29,30)/t19-,20-/m0/s1. The molecule has 33 heavy (non-hydrogen) atoms. The average molecular weight is 472 g/mol. The van der Waals surface area contributed by atoms with E-state index < -0.39 is 44.4 Å². The van der Waals surface area contributed by atoms with Crippen LogP contribution in [0.5, 0.6) is 0 Å². The highest BCUT2D eigenvalue weighted by Crippen LogP contribution is 2.48. The number of anilines is 1. The highest BCUT2D eigenvalue weighted by Gasteiger charge is 2.50. The maximum atomic E-state index is 12.6. The Morgan fingerprint density at radius 3 is 2.76 bits per heavy atom. The molecule has 11 nitrogen and oxygen atoms in total. The van der Waals surface area contributed by atoms with Gasteiger partial charge in [0.1, 0.15) is 17.9 Å². The van der Waals surface area contributed by atoms with Crippen molar-refractivity contribution in [3.8, 4) is 6.07 Å². The van der Waals surface area contributed by atoms with Crippen LogP contribution >= 0.6 is 7.75 Å². The fourth-order valence-corrected chi connectivity index (χ4v) is 5.36. The molecule has 0 spiro atoms. The topological polar surface area (TPSA) is 149 Å². The van der Waals surface area contributed by atoms with Gasteiger partial charge < -0.3 is 14.6 Å². The quantitative estimate of drug-likeness (QED) is 0.612. The summed E-state index contributed by atoms with van der Waals surface area (Å²) in [5.41, 5.74) is 3.94. The Hall–Kier alpha value is -3.61. The van der Waals surface area contributed by atoms with Gasteiger partial charge in [0.05, 0.1) is 18.3 Å². The smallest absolute Gasteiger partial charge is 0.442 e. The molecule has 1 aromatic rings. The van der Waals surface area contributed by atoms with Crippen molar-refractivity contribution in [3.63, 3.8) is 0 Å². The van der Waals surface area contributed by atoms with Gasteiger partial charge in [0.25, 0.3) is 0 Å². The van der Waals surface area contributed by atoms with Gasteiger partial charge >= 0.3 is 19.8 Å². The monoisotopic (exact) mass is 472 g/mol. The van der Waals surface area contributed by atoms with Crippen molar-refractivity contribution >= 4 is 37.0 Å². The molecule has 0 radical (unpaired) electrons. The third kappa shape index (κ3) is 4.23. The zero-order chi connectivity index (χ0) is 23.9. The Balaban J connectivity index is 1.57. The first-order chi connectivity index (χ1) is 15.6. The minimum atomic E-state index is -4.75. The third-order valence-corrected chi connectivity index (χ3v) is 7.21. The fourth-order valence-electron chi connectivity index (χ4n) is 4.20. The Bertz CT molecular complexity index is 1200. The summed E-state index contributed by atoms with van der Waals surface area (Å²) in [7, 11) is -4.75. The minimum Gasteiger partial charge on any atom is -0.442 e. The van der Waals surface area contributed by atoms with Crippen LogP contribution in [0.3, 0.4) is 0 Å². The second kappa shape index (κ2) is 8.39. The van der Waals surface area contributed by atoms with Gasteiger partial charge in [0.2, 0.25) is 5.91 Å². The molecule has 3 aliphatic heterocycles. The van der Waals surface area contributed by atoms with Crippen LogP contribution in [0.1, 0.15) is 25.0 Å². The molecular formula is C21H21N4O7P. The van der Waals surface area contributed by atoms with Crippen molar-refractivity contribution < 1.29 is 33.1 Å². The van der Waals surface area contributed by atoms with E-state index in [-0.39, 0.29) is 0 Å². The second-order valence-corrected chi connectivity index (χ2v) is 9.47. The number of hydrogen-bond acceptors (Lipinski definition) is 8. The summed E-state index contributed by atoms with van der Waals surface area (Å²) in [6, 6.07) is 7.18. The van der Waals surface area contributed by atoms with E-state index in [1.54, 1.807) is 12.1 Å². The molecular weight excluding hydrogens is 451 g/mol. The van der Waals surface area contributed by atoms with Crippen LogP contribution in [0.4, 0.5) is 10.5 Å². The summed E-state index contributed by atoms with van der Waals surface area (Å²) in [4.78, 5) is 47.4. The van der Waals surface area contributed by atoms with Crippen LogP contribution in [-0.4, -0.2) is 52.8 Å². The van der Waals surface area contributed by atoms with Gasteiger partial charge in [-0.25, -0.2) is 14.0 Å². The highest BCUT2D eigenvalue weighted by molar-refractivity contribution is 7.51. The Kier molecular flexibility index (Phi) is 5.74. The van der Waals surface area contributed by atoms with Crippen molar-refractivity contribution in [3.05, 3.63) is 47.2 Å². The molecule has 3 atom stereocenters. The lowest BCUT2D eigenvalue weighted by Gasteiger charge is -2.27. The first kappa shape index (κ1) is 22.6. The molecule has 1 fully saturated rings. The predicted octanol–water partition coefficient (Wildman–Crippen LogP) is 1.84. The number of carbonyl (C=O) groups excluding carboxylic acids is 3. The number of nitriles is 1. The van der Waals surface area contributed by atoms with E-state index in [0.29, 0.717) is 29.0 Å². The van der Waals surface area contributed by atoms with E-state index in [1.165, 1.54) is 4.90 Å². The summed E-state index contributed by atoms with van der Waals surface area (Å²) in [6.45, 7) is 2.11. The fraction of sp³-hybridized carbons (Fsp3) is 0.333. The van der Waals surface area contributed by atoms with Crippen LogP contribution in [0.15, 0.2) is 36.0 Å². The second-order valence-electron chi connectivity index (χ2n) is 7.82. The lowest BCUT2D eigenvalue weighted by molar-refractivity contribution is -0.134.